The maximum atomic E-state index is 13.1. The SMILES string of the molecule is COc1cc2c(cc1OC)[C@@H](c1ccc3c(c1)OCO3)N1C(=O)CN(C)C(=O)[C@H]1C2. The van der Waals surface area contributed by atoms with Gasteiger partial charge in [-0.1, -0.05) is 6.07 Å². The number of piperazine rings is 1. The van der Waals surface area contributed by atoms with Gasteiger partial charge in [0, 0.05) is 13.5 Å². The van der Waals surface area contributed by atoms with E-state index in [2.05, 4.69) is 0 Å². The molecule has 2 atom stereocenters. The molecule has 3 heterocycles. The minimum Gasteiger partial charge on any atom is -0.493 e. The first kappa shape index (κ1) is 18.6. The van der Waals surface area contributed by atoms with E-state index in [1.807, 2.05) is 30.3 Å². The molecule has 8 nitrogen and oxygen atoms in total. The normalized spacial score (nSPS) is 22.0. The van der Waals surface area contributed by atoms with Crippen LogP contribution in [0.25, 0.3) is 0 Å². The number of ether oxygens (including phenoxy) is 4. The van der Waals surface area contributed by atoms with Crippen molar-refractivity contribution in [3.05, 3.63) is 47.0 Å². The lowest BCUT2D eigenvalue weighted by Gasteiger charge is -2.47. The van der Waals surface area contributed by atoms with Gasteiger partial charge in [-0.05, 0) is 41.0 Å². The van der Waals surface area contributed by atoms with Crippen molar-refractivity contribution in [1.82, 2.24) is 9.80 Å². The molecule has 0 unspecified atom stereocenters. The first-order valence-electron chi connectivity index (χ1n) is 9.72. The molecule has 30 heavy (non-hydrogen) atoms. The number of rotatable bonds is 3. The van der Waals surface area contributed by atoms with E-state index in [-0.39, 0.29) is 25.2 Å². The molecule has 2 amide bonds. The summed E-state index contributed by atoms with van der Waals surface area (Å²) in [7, 11) is 4.82. The van der Waals surface area contributed by atoms with Gasteiger partial charge in [0.1, 0.15) is 6.04 Å². The Morgan fingerprint density at radius 2 is 1.73 bits per heavy atom. The number of hydrogen-bond acceptors (Lipinski definition) is 6. The summed E-state index contributed by atoms with van der Waals surface area (Å²) in [6.45, 7) is 0.221. The Morgan fingerprint density at radius 1 is 1.00 bits per heavy atom. The fraction of sp³-hybridized carbons (Fsp3) is 0.364. The van der Waals surface area contributed by atoms with Crippen molar-refractivity contribution in [2.45, 2.75) is 18.5 Å². The standard InChI is InChI=1S/C22H22N2O6/c1-23-10-20(25)24-15(22(23)26)6-13-8-17(27-2)18(28-3)9-14(13)21(24)12-4-5-16-19(7-12)30-11-29-16/h4-5,7-9,15,21H,6,10-11H2,1-3H3/t15-,21-/m1/s1. The van der Waals surface area contributed by atoms with E-state index in [1.165, 1.54) is 4.90 Å². The van der Waals surface area contributed by atoms with E-state index in [9.17, 15) is 9.59 Å². The number of fused-ring (bicyclic) bond motifs is 3. The lowest BCUT2D eigenvalue weighted by Crippen LogP contribution is -2.62. The third-order valence-electron chi connectivity index (χ3n) is 6.00. The van der Waals surface area contributed by atoms with Crippen LogP contribution >= 0.6 is 0 Å². The van der Waals surface area contributed by atoms with Crippen LogP contribution < -0.4 is 18.9 Å². The quantitative estimate of drug-likeness (QED) is 0.767. The van der Waals surface area contributed by atoms with Crippen LogP contribution in [0.5, 0.6) is 23.0 Å². The third kappa shape index (κ3) is 2.67. The van der Waals surface area contributed by atoms with Crippen molar-refractivity contribution in [1.29, 1.82) is 0 Å². The fourth-order valence-electron chi connectivity index (χ4n) is 4.57. The summed E-state index contributed by atoms with van der Waals surface area (Å²) < 4.78 is 22.0. The number of methoxy groups -OCH3 is 2. The Balaban J connectivity index is 1.71. The maximum Gasteiger partial charge on any atom is 0.245 e. The Labute approximate surface area is 173 Å². The van der Waals surface area contributed by atoms with Crippen molar-refractivity contribution in [3.8, 4) is 23.0 Å². The van der Waals surface area contributed by atoms with E-state index in [4.69, 9.17) is 18.9 Å². The van der Waals surface area contributed by atoms with Crippen LogP contribution in [0.15, 0.2) is 30.3 Å². The Kier molecular flexibility index (Phi) is 4.23. The highest BCUT2D eigenvalue weighted by Crippen LogP contribution is 2.46. The van der Waals surface area contributed by atoms with Gasteiger partial charge in [-0.15, -0.1) is 0 Å². The number of carbonyl (C=O) groups excluding carboxylic acids is 2. The van der Waals surface area contributed by atoms with Crippen LogP contribution in [0.2, 0.25) is 0 Å². The van der Waals surface area contributed by atoms with Gasteiger partial charge >= 0.3 is 0 Å². The molecule has 1 fully saturated rings. The van der Waals surface area contributed by atoms with E-state index < -0.39 is 12.1 Å². The van der Waals surface area contributed by atoms with Gasteiger partial charge in [-0.3, -0.25) is 9.59 Å². The summed E-state index contributed by atoms with van der Waals surface area (Å²) in [6, 6.07) is 8.41. The largest absolute Gasteiger partial charge is 0.493 e. The molecule has 3 aliphatic heterocycles. The average Bonchev–Trinajstić information content (AvgIpc) is 3.23. The number of likely N-dealkylation sites (N-methyl/N-ethyl adjacent to an activating group) is 1. The number of amides is 2. The van der Waals surface area contributed by atoms with Gasteiger partial charge in [0.15, 0.2) is 23.0 Å². The maximum absolute atomic E-state index is 13.1. The van der Waals surface area contributed by atoms with Gasteiger partial charge in [-0.25, -0.2) is 0 Å². The molecular formula is C22H22N2O6. The molecule has 3 aliphatic rings. The Hall–Kier alpha value is -3.42. The van der Waals surface area contributed by atoms with Crippen molar-refractivity contribution < 1.29 is 28.5 Å². The summed E-state index contributed by atoms with van der Waals surface area (Å²) in [6.07, 6.45) is 0.422. The molecule has 0 N–H and O–H groups in total. The molecule has 5 rings (SSSR count). The molecule has 0 aromatic heterocycles. The minimum absolute atomic E-state index is 0.0546. The van der Waals surface area contributed by atoms with E-state index in [0.717, 1.165) is 16.7 Å². The summed E-state index contributed by atoms with van der Waals surface area (Å²) in [5, 5.41) is 0. The molecule has 1 saturated heterocycles. The zero-order valence-corrected chi connectivity index (χ0v) is 17.0. The minimum atomic E-state index is -0.572. The highest BCUT2D eigenvalue weighted by atomic mass is 16.7. The average molecular weight is 410 g/mol. The lowest BCUT2D eigenvalue weighted by atomic mass is 9.82. The van der Waals surface area contributed by atoms with Crippen LogP contribution in [0.3, 0.4) is 0 Å². The zero-order chi connectivity index (χ0) is 21.0. The third-order valence-corrected chi connectivity index (χ3v) is 6.00. The van der Waals surface area contributed by atoms with Crippen LogP contribution in [-0.4, -0.2) is 62.3 Å². The first-order valence-corrected chi connectivity index (χ1v) is 9.72. The van der Waals surface area contributed by atoms with Gasteiger partial charge in [0.25, 0.3) is 0 Å². The predicted octanol–water partition coefficient (Wildman–Crippen LogP) is 1.75. The predicted molar refractivity (Wildman–Crippen MR) is 106 cm³/mol. The van der Waals surface area contributed by atoms with Crippen LogP contribution in [0.1, 0.15) is 22.7 Å². The molecule has 0 aliphatic carbocycles. The van der Waals surface area contributed by atoms with Crippen molar-refractivity contribution in [3.63, 3.8) is 0 Å². The van der Waals surface area contributed by atoms with Crippen LogP contribution in [-0.2, 0) is 16.0 Å². The Bertz CT molecular complexity index is 1050. The van der Waals surface area contributed by atoms with Gasteiger partial charge in [0.2, 0.25) is 18.6 Å². The van der Waals surface area contributed by atoms with Gasteiger partial charge < -0.3 is 28.7 Å². The highest BCUT2D eigenvalue weighted by Gasteiger charge is 2.46. The lowest BCUT2D eigenvalue weighted by molar-refractivity contribution is -0.157. The molecule has 0 bridgehead atoms. The number of hydrogen-bond donors (Lipinski definition) is 0. The number of carbonyl (C=O) groups is 2. The molecule has 0 saturated carbocycles. The van der Waals surface area contributed by atoms with Crippen LogP contribution in [0.4, 0.5) is 0 Å². The van der Waals surface area contributed by atoms with Crippen LogP contribution in [0, 0.1) is 0 Å². The Morgan fingerprint density at radius 3 is 2.50 bits per heavy atom. The number of benzene rings is 2. The molecule has 2 aromatic carbocycles. The second-order valence-electron chi connectivity index (χ2n) is 7.64. The second-order valence-corrected chi connectivity index (χ2v) is 7.64. The van der Waals surface area contributed by atoms with Crippen molar-refractivity contribution in [2.75, 3.05) is 34.6 Å². The van der Waals surface area contributed by atoms with E-state index in [0.29, 0.717) is 29.4 Å². The molecular weight excluding hydrogens is 388 g/mol. The smallest absolute Gasteiger partial charge is 0.245 e. The van der Waals surface area contributed by atoms with Gasteiger partial charge in [-0.2, -0.15) is 0 Å². The molecule has 0 radical (unpaired) electrons. The van der Waals surface area contributed by atoms with E-state index >= 15 is 0 Å². The molecule has 156 valence electrons. The van der Waals surface area contributed by atoms with Crippen molar-refractivity contribution in [2.24, 2.45) is 0 Å². The molecule has 8 heteroatoms. The molecule has 0 spiro atoms. The second kappa shape index (κ2) is 6.83. The summed E-state index contributed by atoms with van der Waals surface area (Å²) in [4.78, 5) is 29.3. The highest BCUT2D eigenvalue weighted by molar-refractivity contribution is 5.96. The fourth-order valence-corrected chi connectivity index (χ4v) is 4.57. The summed E-state index contributed by atoms with van der Waals surface area (Å²) >= 11 is 0. The molecule has 2 aromatic rings. The summed E-state index contributed by atoms with van der Waals surface area (Å²) in [5.41, 5.74) is 2.71. The zero-order valence-electron chi connectivity index (χ0n) is 17.0. The van der Waals surface area contributed by atoms with Gasteiger partial charge in [0.05, 0.1) is 26.8 Å². The van der Waals surface area contributed by atoms with E-state index in [1.54, 1.807) is 26.2 Å². The first-order chi connectivity index (χ1) is 14.5. The topological polar surface area (TPSA) is 77.5 Å². The monoisotopic (exact) mass is 410 g/mol. The van der Waals surface area contributed by atoms with Crippen molar-refractivity contribution >= 4 is 11.8 Å². The summed E-state index contributed by atoms with van der Waals surface area (Å²) in [5.74, 6) is 2.31. The number of nitrogens with zero attached hydrogens (tertiary/aromatic N) is 2.